The molecule has 0 radical (unpaired) electrons. The summed E-state index contributed by atoms with van der Waals surface area (Å²) in [4.78, 5) is 9.35. The van der Waals surface area contributed by atoms with Crippen LogP contribution in [-0.4, -0.2) is 58.1 Å². The Kier molecular flexibility index (Phi) is 3.60. The van der Waals surface area contributed by atoms with Crippen molar-refractivity contribution in [2.45, 2.75) is 44.3 Å². The normalized spacial score (nSPS) is 25.8. The van der Waals surface area contributed by atoms with Gasteiger partial charge in [-0.3, -0.25) is 9.80 Å². The second-order valence-corrected chi connectivity index (χ2v) is 6.91. The highest BCUT2D eigenvalue weighted by Crippen LogP contribution is 2.38. The zero-order valence-corrected chi connectivity index (χ0v) is 12.9. The standard InChI is InChI=1S/C15H27N5/c1-15(2)10-19(7-6-18(15)3)13(8-16)14-9-17-11-20(14)12-4-5-12/h9,11-13H,4-8,10,16H2,1-3H3. The molecule has 1 aliphatic heterocycles. The van der Waals surface area contributed by atoms with Crippen LogP contribution in [0.4, 0.5) is 0 Å². The van der Waals surface area contributed by atoms with Crippen LogP contribution in [0.25, 0.3) is 0 Å². The van der Waals surface area contributed by atoms with Crippen LogP contribution in [-0.2, 0) is 0 Å². The summed E-state index contributed by atoms with van der Waals surface area (Å²) in [6, 6.07) is 0.966. The fraction of sp³-hybridized carbons (Fsp3) is 0.800. The highest BCUT2D eigenvalue weighted by molar-refractivity contribution is 5.11. The highest BCUT2D eigenvalue weighted by Gasteiger charge is 2.36. The van der Waals surface area contributed by atoms with Gasteiger partial charge >= 0.3 is 0 Å². The van der Waals surface area contributed by atoms with Crippen molar-refractivity contribution >= 4 is 0 Å². The molecule has 0 aromatic carbocycles. The largest absolute Gasteiger partial charge is 0.330 e. The third kappa shape index (κ3) is 2.50. The molecule has 1 atom stereocenters. The molecule has 1 saturated carbocycles. The Labute approximate surface area is 121 Å². The molecule has 2 fully saturated rings. The van der Waals surface area contributed by atoms with E-state index in [-0.39, 0.29) is 5.54 Å². The Morgan fingerprint density at radius 3 is 2.75 bits per heavy atom. The quantitative estimate of drug-likeness (QED) is 0.900. The number of aromatic nitrogens is 2. The van der Waals surface area contributed by atoms with Crippen molar-refractivity contribution in [3.8, 4) is 0 Å². The number of rotatable bonds is 4. The molecule has 2 aliphatic rings. The molecule has 0 bridgehead atoms. The molecule has 5 heteroatoms. The van der Waals surface area contributed by atoms with Gasteiger partial charge in [-0.05, 0) is 33.7 Å². The molecule has 1 unspecified atom stereocenters. The van der Waals surface area contributed by atoms with E-state index in [2.05, 4.69) is 40.2 Å². The molecule has 1 saturated heterocycles. The van der Waals surface area contributed by atoms with E-state index >= 15 is 0 Å². The Morgan fingerprint density at radius 2 is 2.15 bits per heavy atom. The summed E-state index contributed by atoms with van der Waals surface area (Å²) >= 11 is 0. The third-order valence-corrected chi connectivity index (χ3v) is 4.99. The summed E-state index contributed by atoms with van der Waals surface area (Å²) in [6.07, 6.45) is 6.57. The van der Waals surface area contributed by atoms with Crippen molar-refractivity contribution in [2.24, 2.45) is 5.73 Å². The number of hydrogen-bond donors (Lipinski definition) is 1. The van der Waals surface area contributed by atoms with Crippen LogP contribution in [0.5, 0.6) is 0 Å². The molecule has 5 nitrogen and oxygen atoms in total. The van der Waals surface area contributed by atoms with E-state index in [0.29, 0.717) is 18.6 Å². The van der Waals surface area contributed by atoms with Gasteiger partial charge in [0.2, 0.25) is 0 Å². The molecule has 2 heterocycles. The lowest BCUT2D eigenvalue weighted by molar-refractivity contribution is 0.0163. The van der Waals surface area contributed by atoms with Crippen LogP contribution in [0.15, 0.2) is 12.5 Å². The number of likely N-dealkylation sites (N-methyl/N-ethyl adjacent to an activating group) is 1. The van der Waals surface area contributed by atoms with E-state index in [1.165, 1.54) is 18.5 Å². The van der Waals surface area contributed by atoms with Crippen LogP contribution in [0.1, 0.15) is 44.5 Å². The zero-order chi connectivity index (χ0) is 14.3. The van der Waals surface area contributed by atoms with E-state index < -0.39 is 0 Å². The van der Waals surface area contributed by atoms with Crippen molar-refractivity contribution < 1.29 is 0 Å². The maximum atomic E-state index is 6.11. The lowest BCUT2D eigenvalue weighted by Gasteiger charge is -2.47. The van der Waals surface area contributed by atoms with Gasteiger partial charge in [0.1, 0.15) is 0 Å². The predicted octanol–water partition coefficient (Wildman–Crippen LogP) is 1.24. The Bertz CT molecular complexity index is 463. The third-order valence-electron chi connectivity index (χ3n) is 4.99. The van der Waals surface area contributed by atoms with Crippen molar-refractivity contribution in [2.75, 3.05) is 33.2 Å². The Balaban J connectivity index is 1.81. The van der Waals surface area contributed by atoms with E-state index in [1.54, 1.807) is 0 Å². The molecule has 20 heavy (non-hydrogen) atoms. The predicted molar refractivity (Wildman–Crippen MR) is 80.6 cm³/mol. The topological polar surface area (TPSA) is 50.3 Å². The molecule has 112 valence electrons. The number of piperazine rings is 1. The first kappa shape index (κ1) is 14.0. The maximum Gasteiger partial charge on any atom is 0.0951 e. The second kappa shape index (κ2) is 5.13. The molecule has 1 aliphatic carbocycles. The first-order valence-corrected chi connectivity index (χ1v) is 7.70. The van der Waals surface area contributed by atoms with Gasteiger partial charge in [-0.25, -0.2) is 4.98 Å². The maximum absolute atomic E-state index is 6.11. The molecule has 1 aromatic heterocycles. The summed E-state index contributed by atoms with van der Waals surface area (Å²) in [5.41, 5.74) is 7.62. The second-order valence-electron chi connectivity index (χ2n) is 6.91. The lowest BCUT2D eigenvalue weighted by Crippen LogP contribution is -2.58. The summed E-state index contributed by atoms with van der Waals surface area (Å²) in [5, 5.41) is 0. The van der Waals surface area contributed by atoms with Crippen LogP contribution < -0.4 is 5.73 Å². The number of hydrogen-bond acceptors (Lipinski definition) is 4. The molecule has 0 amide bonds. The van der Waals surface area contributed by atoms with Gasteiger partial charge in [0, 0.05) is 44.0 Å². The number of imidazole rings is 1. The SMILES string of the molecule is CN1CCN(C(CN)c2cncn2C2CC2)CC1(C)C. The first-order valence-electron chi connectivity index (χ1n) is 7.70. The van der Waals surface area contributed by atoms with Gasteiger partial charge in [-0.15, -0.1) is 0 Å². The van der Waals surface area contributed by atoms with Gasteiger partial charge in [-0.2, -0.15) is 0 Å². The van der Waals surface area contributed by atoms with Crippen LogP contribution in [0, 0.1) is 0 Å². The van der Waals surface area contributed by atoms with Crippen molar-refractivity contribution in [1.82, 2.24) is 19.4 Å². The number of nitrogens with two attached hydrogens (primary N) is 1. The van der Waals surface area contributed by atoms with Crippen molar-refractivity contribution in [3.05, 3.63) is 18.2 Å². The van der Waals surface area contributed by atoms with Crippen LogP contribution >= 0.6 is 0 Å². The fourth-order valence-corrected chi connectivity index (χ4v) is 3.23. The average molecular weight is 277 g/mol. The summed E-state index contributed by atoms with van der Waals surface area (Å²) in [7, 11) is 2.21. The van der Waals surface area contributed by atoms with Gasteiger partial charge in [0.15, 0.2) is 0 Å². The molecule has 3 rings (SSSR count). The van der Waals surface area contributed by atoms with Crippen LogP contribution in [0.3, 0.4) is 0 Å². The number of nitrogens with zero attached hydrogens (tertiary/aromatic N) is 4. The minimum absolute atomic E-state index is 0.204. The van der Waals surface area contributed by atoms with Crippen molar-refractivity contribution in [1.29, 1.82) is 0 Å². The Morgan fingerprint density at radius 1 is 1.40 bits per heavy atom. The summed E-state index contributed by atoms with van der Waals surface area (Å²) in [5.74, 6) is 0. The van der Waals surface area contributed by atoms with Gasteiger partial charge < -0.3 is 10.3 Å². The van der Waals surface area contributed by atoms with Crippen LogP contribution in [0.2, 0.25) is 0 Å². The average Bonchev–Trinajstić information content (AvgIpc) is 3.14. The summed E-state index contributed by atoms with van der Waals surface area (Å²) in [6.45, 7) is 8.52. The Hall–Kier alpha value is -0.910. The molecular weight excluding hydrogens is 250 g/mol. The summed E-state index contributed by atoms with van der Waals surface area (Å²) < 4.78 is 2.35. The minimum Gasteiger partial charge on any atom is -0.330 e. The van der Waals surface area contributed by atoms with Gasteiger partial charge in [0.25, 0.3) is 0 Å². The molecule has 0 spiro atoms. The molecule has 1 aromatic rings. The van der Waals surface area contributed by atoms with E-state index in [1.807, 2.05) is 12.5 Å². The highest BCUT2D eigenvalue weighted by atomic mass is 15.3. The van der Waals surface area contributed by atoms with Gasteiger partial charge in [-0.1, -0.05) is 0 Å². The minimum atomic E-state index is 0.204. The molecule has 2 N–H and O–H groups in total. The van der Waals surface area contributed by atoms with Gasteiger partial charge in [0.05, 0.1) is 18.1 Å². The smallest absolute Gasteiger partial charge is 0.0951 e. The molecular formula is C15H27N5. The van der Waals surface area contributed by atoms with E-state index in [9.17, 15) is 0 Å². The zero-order valence-electron chi connectivity index (χ0n) is 12.9. The first-order chi connectivity index (χ1) is 9.53. The monoisotopic (exact) mass is 277 g/mol. The van der Waals surface area contributed by atoms with E-state index in [4.69, 9.17) is 5.73 Å². The van der Waals surface area contributed by atoms with E-state index in [0.717, 1.165) is 19.6 Å². The van der Waals surface area contributed by atoms with Crippen molar-refractivity contribution in [3.63, 3.8) is 0 Å². The fourth-order valence-electron chi connectivity index (χ4n) is 3.23. The lowest BCUT2D eigenvalue weighted by atomic mass is 9.97.